The summed E-state index contributed by atoms with van der Waals surface area (Å²) in [6.45, 7) is 20.7. The van der Waals surface area contributed by atoms with Gasteiger partial charge < -0.3 is 51.4 Å². The molecular formula is C58H111N7O4. The molecule has 1 amide bonds. The van der Waals surface area contributed by atoms with Crippen molar-refractivity contribution in [2.75, 3.05) is 98.4 Å². The van der Waals surface area contributed by atoms with Crippen LogP contribution in [0.4, 0.5) is 0 Å². The van der Waals surface area contributed by atoms with Crippen LogP contribution in [0, 0.1) is 5.41 Å². The summed E-state index contributed by atoms with van der Waals surface area (Å²) < 4.78 is 20.1. The third kappa shape index (κ3) is 29.8. The average molecular weight is 971 g/mol. The summed E-state index contributed by atoms with van der Waals surface area (Å²) in [5, 5.41) is 25.8. The monoisotopic (exact) mass is 970 g/mol. The Balaban J connectivity index is 1.80. The zero-order chi connectivity index (χ0) is 49.2. The van der Waals surface area contributed by atoms with Crippen LogP contribution in [0.1, 0.15) is 231 Å². The van der Waals surface area contributed by atoms with Crippen LogP contribution in [0.2, 0.25) is 0 Å². The van der Waals surface area contributed by atoms with Crippen molar-refractivity contribution in [3.63, 3.8) is 0 Å². The van der Waals surface area contributed by atoms with Gasteiger partial charge >= 0.3 is 0 Å². The van der Waals surface area contributed by atoms with Gasteiger partial charge in [-0.2, -0.15) is 0 Å². The first-order chi connectivity index (χ1) is 33.9. The maximum atomic E-state index is 14.8. The number of ether oxygens (including phenoxy) is 3. The average Bonchev–Trinajstić information content (AvgIpc) is 3.35. The molecule has 3 heterocycles. The van der Waals surface area contributed by atoms with E-state index in [1.165, 1.54) is 154 Å². The molecule has 3 saturated heterocycles. The molecule has 11 nitrogen and oxygen atoms in total. The highest BCUT2D eigenvalue weighted by molar-refractivity contribution is 5.96. The normalized spacial score (nSPS) is 19.8. The van der Waals surface area contributed by atoms with Gasteiger partial charge in [0.25, 0.3) is 5.91 Å². The van der Waals surface area contributed by atoms with E-state index in [0.717, 1.165) is 97.4 Å². The minimum atomic E-state index is -0.585. The molecule has 0 spiro atoms. The Kier molecular flexibility index (Phi) is 36.6. The summed E-state index contributed by atoms with van der Waals surface area (Å²) in [5.74, 6) is 1.79. The lowest BCUT2D eigenvalue weighted by Gasteiger charge is -2.37. The summed E-state index contributed by atoms with van der Waals surface area (Å²) >= 11 is 0. The molecule has 0 radical (unpaired) electrons. The summed E-state index contributed by atoms with van der Waals surface area (Å²) in [4.78, 5) is 14.8. The topological polar surface area (TPSA) is 129 Å². The number of carbonyl (C=O) groups is 1. The van der Waals surface area contributed by atoms with E-state index in [1.807, 2.05) is 12.1 Å². The molecule has 3 aliphatic rings. The summed E-state index contributed by atoms with van der Waals surface area (Å²) in [7, 11) is 0. The Morgan fingerprint density at radius 3 is 1.01 bits per heavy atom. The lowest BCUT2D eigenvalue weighted by atomic mass is 9.90. The second kappa shape index (κ2) is 41.3. The van der Waals surface area contributed by atoms with Crippen LogP contribution in [0.3, 0.4) is 0 Å². The Bertz CT molecular complexity index is 1280. The smallest absolute Gasteiger partial charge is 0.252 e. The van der Waals surface area contributed by atoms with Crippen molar-refractivity contribution < 1.29 is 19.0 Å². The van der Waals surface area contributed by atoms with Crippen molar-refractivity contribution in [3.05, 3.63) is 17.7 Å². The highest BCUT2D eigenvalue weighted by Gasteiger charge is 2.33. The van der Waals surface area contributed by atoms with Crippen LogP contribution in [-0.4, -0.2) is 110 Å². The first-order valence-electron chi connectivity index (χ1n) is 29.6. The van der Waals surface area contributed by atoms with Gasteiger partial charge in [-0.25, -0.2) is 0 Å². The fourth-order valence-corrected chi connectivity index (χ4v) is 9.88. The van der Waals surface area contributed by atoms with Gasteiger partial charge in [0.05, 0.1) is 25.4 Å². The van der Waals surface area contributed by atoms with Gasteiger partial charge in [0, 0.05) is 89.5 Å². The van der Waals surface area contributed by atoms with Crippen molar-refractivity contribution in [2.45, 2.75) is 226 Å². The molecule has 402 valence electrons. The molecule has 2 bridgehead atoms. The van der Waals surface area contributed by atoms with Crippen LogP contribution in [0.25, 0.3) is 0 Å². The Morgan fingerprint density at radius 2 is 0.696 bits per heavy atom. The third-order valence-electron chi connectivity index (χ3n) is 14.4. The minimum Gasteiger partial charge on any atom is -0.490 e. The van der Waals surface area contributed by atoms with Gasteiger partial charge in [-0.3, -0.25) is 4.79 Å². The van der Waals surface area contributed by atoms with Gasteiger partial charge in [-0.1, -0.05) is 201 Å². The fraction of sp³-hybridized carbons (Fsp3) is 0.879. The molecule has 3 aliphatic heterocycles. The van der Waals surface area contributed by atoms with Crippen molar-refractivity contribution in [3.8, 4) is 17.2 Å². The maximum Gasteiger partial charge on any atom is 0.252 e. The van der Waals surface area contributed by atoms with Crippen LogP contribution in [0.5, 0.6) is 17.2 Å². The lowest BCUT2D eigenvalue weighted by Crippen LogP contribution is -2.66. The summed E-state index contributed by atoms with van der Waals surface area (Å²) in [5.41, 5.74) is 0.0823. The molecule has 69 heavy (non-hydrogen) atoms. The number of hydrogen-bond donors (Lipinski definition) is 7. The van der Waals surface area contributed by atoms with Gasteiger partial charge in [0.2, 0.25) is 5.75 Å². The van der Waals surface area contributed by atoms with Crippen LogP contribution in [-0.2, 0) is 0 Å². The van der Waals surface area contributed by atoms with E-state index < -0.39 is 5.54 Å². The number of amides is 1. The highest BCUT2D eigenvalue weighted by atomic mass is 16.5. The number of fused-ring (bicyclic) bond motifs is 15. The van der Waals surface area contributed by atoms with E-state index in [0.29, 0.717) is 62.3 Å². The largest absolute Gasteiger partial charge is 0.490 e. The van der Waals surface area contributed by atoms with Gasteiger partial charge in [-0.05, 0) is 31.4 Å². The Morgan fingerprint density at radius 1 is 0.420 bits per heavy atom. The van der Waals surface area contributed by atoms with Crippen molar-refractivity contribution in [2.24, 2.45) is 5.41 Å². The van der Waals surface area contributed by atoms with Crippen LogP contribution < -0.4 is 51.4 Å². The molecule has 0 aliphatic carbocycles. The van der Waals surface area contributed by atoms with Gasteiger partial charge in [0.1, 0.15) is 0 Å². The number of nitrogens with one attached hydrogen (secondary N) is 7. The maximum absolute atomic E-state index is 14.8. The molecule has 7 N–H and O–H groups in total. The number of rotatable bonds is 38. The number of benzene rings is 1. The molecule has 11 heteroatoms. The molecule has 0 saturated carbocycles. The zero-order valence-electron chi connectivity index (χ0n) is 45.6. The molecule has 0 atom stereocenters. The zero-order valence-corrected chi connectivity index (χ0v) is 45.6. The summed E-state index contributed by atoms with van der Waals surface area (Å²) in [6, 6.07) is 3.86. The Labute approximate surface area is 425 Å². The molecule has 3 fully saturated rings. The quantitative estimate of drug-likeness (QED) is 0.0322. The molecule has 1 aromatic rings. The predicted octanol–water partition coefficient (Wildman–Crippen LogP) is 11.6. The SMILES string of the molecule is CCCCCCCCCCCCOc1cc(C(=O)NC23CNCCNCC(C)(CNCCNC2)CNCCNC3)cc(OCCCCCCCCCCCC)c1OCCCCCCCCCCCC. The van der Waals surface area contributed by atoms with E-state index in [2.05, 4.69) is 64.9 Å². The highest BCUT2D eigenvalue weighted by Crippen LogP contribution is 2.40. The predicted molar refractivity (Wildman–Crippen MR) is 294 cm³/mol. The molecule has 4 rings (SSSR count). The lowest BCUT2D eigenvalue weighted by molar-refractivity contribution is 0.0892. The number of hydrogen-bond acceptors (Lipinski definition) is 10. The molecule has 0 unspecified atom stereocenters. The first kappa shape index (κ1) is 61.2. The molecular weight excluding hydrogens is 859 g/mol. The van der Waals surface area contributed by atoms with E-state index in [1.54, 1.807) is 0 Å². The van der Waals surface area contributed by atoms with Gasteiger partial charge in [0.15, 0.2) is 11.5 Å². The van der Waals surface area contributed by atoms with Crippen LogP contribution >= 0.6 is 0 Å². The molecule has 0 aromatic heterocycles. The van der Waals surface area contributed by atoms with E-state index in [9.17, 15) is 4.79 Å². The standard InChI is InChI=1S/C58H111N7O4/c1-5-8-11-14-17-20-23-26-29-32-41-67-53-44-52(56(66)65-58-49-62-38-35-59-46-57(4,47-60-36-39-63-50-58)48-61-37-40-64-51-58)45-54(68-42-33-30-27-24-21-18-15-12-9-6-2)55(53)69-43-34-31-28-25-22-19-16-13-10-7-3/h44-45,59-64H,5-43,46-51H2,1-4H3,(H,65,66). The number of unbranched alkanes of at least 4 members (excludes halogenated alkanes) is 27. The second-order valence-electron chi connectivity index (χ2n) is 21.5. The number of carbonyl (C=O) groups excluding carboxylic acids is 1. The minimum absolute atomic E-state index is 0.116. The van der Waals surface area contributed by atoms with Crippen molar-refractivity contribution in [1.29, 1.82) is 0 Å². The summed E-state index contributed by atoms with van der Waals surface area (Å²) in [6.07, 6.45) is 38.2. The van der Waals surface area contributed by atoms with E-state index in [-0.39, 0.29) is 11.3 Å². The Hall–Kier alpha value is -2.15. The van der Waals surface area contributed by atoms with E-state index >= 15 is 0 Å². The van der Waals surface area contributed by atoms with Crippen molar-refractivity contribution >= 4 is 5.91 Å². The second-order valence-corrected chi connectivity index (χ2v) is 21.5. The van der Waals surface area contributed by atoms with E-state index in [4.69, 9.17) is 14.2 Å². The molecule has 1 aromatic carbocycles. The van der Waals surface area contributed by atoms with Crippen LogP contribution in [0.15, 0.2) is 12.1 Å². The van der Waals surface area contributed by atoms with Crippen molar-refractivity contribution in [1.82, 2.24) is 37.2 Å². The first-order valence-corrected chi connectivity index (χ1v) is 29.6. The third-order valence-corrected chi connectivity index (χ3v) is 14.4. The fourth-order valence-electron chi connectivity index (χ4n) is 9.88. The van der Waals surface area contributed by atoms with Gasteiger partial charge in [-0.15, -0.1) is 0 Å².